The molecule has 3 rings (SSSR count). The second-order valence-electron chi connectivity index (χ2n) is 6.69. The third-order valence-corrected chi connectivity index (χ3v) is 7.48. The lowest BCUT2D eigenvalue weighted by Crippen LogP contribution is -2.16. The van der Waals surface area contributed by atoms with E-state index in [0.717, 1.165) is 15.7 Å². The Morgan fingerprint density at radius 3 is 2.14 bits per heavy atom. The van der Waals surface area contributed by atoms with Gasteiger partial charge in [0, 0.05) is 29.6 Å². The summed E-state index contributed by atoms with van der Waals surface area (Å²) < 4.78 is 20.8. The van der Waals surface area contributed by atoms with Crippen LogP contribution in [0.25, 0.3) is 0 Å². The zero-order valence-corrected chi connectivity index (χ0v) is 18.3. The molecule has 0 aliphatic rings. The molecule has 1 N–H and O–H groups in total. The van der Waals surface area contributed by atoms with E-state index in [2.05, 4.69) is 15.9 Å². The molecule has 3 aromatic rings. The molecule has 4 nitrogen and oxygen atoms in total. The van der Waals surface area contributed by atoms with Crippen molar-refractivity contribution in [2.75, 3.05) is 19.0 Å². The van der Waals surface area contributed by atoms with E-state index in [1.165, 1.54) is 0 Å². The SMILES string of the molecule is CN(C)c1ccc([P@](=O)(OCc2ccccc2)[C@H](O)c2ccc(Br)cc2)cc1. The first-order valence-corrected chi connectivity index (χ1v) is 11.4. The number of aliphatic hydroxyl groups excluding tert-OH is 1. The lowest BCUT2D eigenvalue weighted by molar-refractivity contribution is 0.210. The predicted molar refractivity (Wildman–Crippen MR) is 118 cm³/mol. The van der Waals surface area contributed by atoms with Crippen molar-refractivity contribution in [3.05, 3.63) is 94.5 Å². The van der Waals surface area contributed by atoms with Gasteiger partial charge in [-0.1, -0.05) is 58.4 Å². The minimum Gasteiger partial charge on any atom is -0.378 e. The Kier molecular flexibility index (Phi) is 6.73. The highest BCUT2D eigenvalue weighted by atomic mass is 79.9. The average Bonchev–Trinajstić information content (AvgIpc) is 2.73. The fourth-order valence-corrected chi connectivity index (χ4v) is 5.13. The van der Waals surface area contributed by atoms with Crippen LogP contribution < -0.4 is 10.2 Å². The first-order valence-electron chi connectivity index (χ1n) is 8.90. The van der Waals surface area contributed by atoms with E-state index >= 15 is 0 Å². The van der Waals surface area contributed by atoms with E-state index in [1.807, 2.05) is 73.6 Å². The Labute approximate surface area is 174 Å². The van der Waals surface area contributed by atoms with Crippen molar-refractivity contribution in [1.82, 2.24) is 0 Å². The second kappa shape index (κ2) is 9.06. The Hall–Kier alpha value is -1.91. The van der Waals surface area contributed by atoms with Crippen molar-refractivity contribution in [2.24, 2.45) is 0 Å². The van der Waals surface area contributed by atoms with Crippen LogP contribution in [-0.2, 0) is 15.7 Å². The molecule has 0 fully saturated rings. The quantitative estimate of drug-likeness (QED) is 0.485. The van der Waals surface area contributed by atoms with Crippen LogP contribution in [-0.4, -0.2) is 19.2 Å². The number of aliphatic hydroxyl groups is 1. The van der Waals surface area contributed by atoms with E-state index in [0.29, 0.717) is 10.9 Å². The Bertz CT molecular complexity index is 944. The lowest BCUT2D eigenvalue weighted by atomic mass is 10.2. The van der Waals surface area contributed by atoms with Gasteiger partial charge in [-0.25, -0.2) is 0 Å². The van der Waals surface area contributed by atoms with Crippen LogP contribution in [0.5, 0.6) is 0 Å². The zero-order valence-electron chi connectivity index (χ0n) is 15.8. The molecule has 0 aliphatic carbocycles. The van der Waals surface area contributed by atoms with Gasteiger partial charge in [0.05, 0.1) is 6.61 Å². The van der Waals surface area contributed by atoms with Crippen LogP contribution in [0.15, 0.2) is 83.3 Å². The summed E-state index contributed by atoms with van der Waals surface area (Å²) >= 11 is 3.39. The highest BCUT2D eigenvalue weighted by molar-refractivity contribution is 9.10. The summed E-state index contributed by atoms with van der Waals surface area (Å²) in [5, 5.41) is 11.5. The molecular weight excluding hydrogens is 437 g/mol. The van der Waals surface area contributed by atoms with Gasteiger partial charge in [-0.3, -0.25) is 4.57 Å². The van der Waals surface area contributed by atoms with Crippen molar-refractivity contribution < 1.29 is 14.2 Å². The maximum atomic E-state index is 14.0. The van der Waals surface area contributed by atoms with E-state index in [-0.39, 0.29) is 6.61 Å². The number of anilines is 1. The van der Waals surface area contributed by atoms with Crippen molar-refractivity contribution in [2.45, 2.75) is 12.5 Å². The molecule has 0 aromatic heterocycles. The number of nitrogens with zero attached hydrogens (tertiary/aromatic N) is 1. The molecule has 0 amide bonds. The number of hydrogen-bond acceptors (Lipinski definition) is 4. The normalized spacial score (nSPS) is 14.3. The van der Waals surface area contributed by atoms with Gasteiger partial charge in [0.25, 0.3) is 7.37 Å². The molecule has 0 heterocycles. The molecule has 0 saturated heterocycles. The van der Waals surface area contributed by atoms with Gasteiger partial charge < -0.3 is 14.5 Å². The van der Waals surface area contributed by atoms with E-state index in [4.69, 9.17) is 4.52 Å². The van der Waals surface area contributed by atoms with Gasteiger partial charge in [0.15, 0.2) is 5.85 Å². The van der Waals surface area contributed by atoms with Gasteiger partial charge in [-0.2, -0.15) is 0 Å². The molecule has 0 radical (unpaired) electrons. The molecule has 0 aliphatic heterocycles. The smallest absolute Gasteiger partial charge is 0.264 e. The number of hydrogen-bond donors (Lipinski definition) is 1. The second-order valence-corrected chi connectivity index (χ2v) is 10.1. The number of halogens is 1. The zero-order chi connectivity index (χ0) is 20.1. The summed E-state index contributed by atoms with van der Waals surface area (Å²) in [6, 6.07) is 24.0. The third kappa shape index (κ3) is 4.73. The van der Waals surface area contributed by atoms with Gasteiger partial charge in [-0.05, 0) is 47.5 Å². The Morgan fingerprint density at radius 2 is 1.57 bits per heavy atom. The first kappa shape index (κ1) is 20.8. The monoisotopic (exact) mass is 459 g/mol. The molecule has 146 valence electrons. The van der Waals surface area contributed by atoms with Crippen LogP contribution in [0.2, 0.25) is 0 Å². The highest BCUT2D eigenvalue weighted by Gasteiger charge is 2.36. The van der Waals surface area contributed by atoms with E-state index in [9.17, 15) is 9.67 Å². The largest absolute Gasteiger partial charge is 0.378 e. The van der Waals surface area contributed by atoms with E-state index < -0.39 is 13.2 Å². The first-order chi connectivity index (χ1) is 13.4. The lowest BCUT2D eigenvalue weighted by Gasteiger charge is -2.25. The van der Waals surface area contributed by atoms with Gasteiger partial charge in [0.1, 0.15) is 0 Å². The maximum Gasteiger partial charge on any atom is 0.264 e. The summed E-state index contributed by atoms with van der Waals surface area (Å²) in [7, 11) is 0.290. The molecule has 0 unspecified atom stereocenters. The number of rotatable bonds is 7. The Morgan fingerprint density at radius 1 is 0.964 bits per heavy atom. The van der Waals surface area contributed by atoms with Crippen molar-refractivity contribution in [1.29, 1.82) is 0 Å². The van der Waals surface area contributed by atoms with E-state index in [1.54, 1.807) is 24.3 Å². The molecule has 0 bridgehead atoms. The van der Waals surface area contributed by atoms with Crippen molar-refractivity contribution in [3.8, 4) is 0 Å². The van der Waals surface area contributed by atoms with Crippen LogP contribution >= 0.6 is 23.3 Å². The van der Waals surface area contributed by atoms with Gasteiger partial charge >= 0.3 is 0 Å². The van der Waals surface area contributed by atoms with Crippen LogP contribution in [0.3, 0.4) is 0 Å². The number of benzene rings is 3. The van der Waals surface area contributed by atoms with Crippen molar-refractivity contribution >= 4 is 34.3 Å². The van der Waals surface area contributed by atoms with Crippen LogP contribution in [0.1, 0.15) is 17.0 Å². The highest BCUT2D eigenvalue weighted by Crippen LogP contribution is 2.58. The topological polar surface area (TPSA) is 49.8 Å². The molecular formula is C22H23BrNO3P. The van der Waals surface area contributed by atoms with Crippen molar-refractivity contribution in [3.63, 3.8) is 0 Å². The van der Waals surface area contributed by atoms with Crippen LogP contribution in [0.4, 0.5) is 5.69 Å². The summed E-state index contributed by atoms with van der Waals surface area (Å²) in [5.74, 6) is -1.26. The summed E-state index contributed by atoms with van der Waals surface area (Å²) in [6.45, 7) is 0.154. The van der Waals surface area contributed by atoms with Crippen LogP contribution in [0, 0.1) is 0 Å². The molecule has 6 heteroatoms. The maximum absolute atomic E-state index is 14.0. The molecule has 0 spiro atoms. The summed E-state index contributed by atoms with van der Waals surface area (Å²) in [4.78, 5) is 1.96. The fraction of sp³-hybridized carbons (Fsp3) is 0.182. The fourth-order valence-electron chi connectivity index (χ4n) is 2.82. The average molecular weight is 460 g/mol. The minimum absolute atomic E-state index is 0.154. The third-order valence-electron chi connectivity index (χ3n) is 4.48. The van der Waals surface area contributed by atoms with Gasteiger partial charge in [0.2, 0.25) is 0 Å². The summed E-state index contributed by atoms with van der Waals surface area (Å²) in [6.07, 6.45) is 0. The molecule has 3 aromatic carbocycles. The predicted octanol–water partition coefficient (Wildman–Crippen LogP) is 5.33. The molecule has 2 atom stereocenters. The standard InChI is InChI=1S/C22H23BrNO3P/c1-24(2)20-12-14-21(15-13-20)28(26,27-16-17-6-4-3-5-7-17)22(25)18-8-10-19(23)11-9-18/h3-15,22,25H,16H2,1-2H3/t22-,28-/m0/s1. The minimum atomic E-state index is -3.59. The molecule has 28 heavy (non-hydrogen) atoms. The molecule has 0 saturated carbocycles. The summed E-state index contributed by atoms with van der Waals surface area (Å²) in [5.41, 5.74) is 2.43. The Balaban J connectivity index is 1.96. The van der Waals surface area contributed by atoms with Gasteiger partial charge in [-0.15, -0.1) is 0 Å².